The van der Waals surface area contributed by atoms with E-state index in [1.54, 1.807) is 0 Å². The molecule has 4 nitrogen and oxygen atoms in total. The van der Waals surface area contributed by atoms with Crippen LogP contribution in [0.25, 0.3) is 0 Å². The highest BCUT2D eigenvalue weighted by atomic mass is 16.1. The molecule has 0 atom stereocenters. The third kappa shape index (κ3) is 7.90. The molecule has 0 bridgehead atoms. The van der Waals surface area contributed by atoms with E-state index in [2.05, 4.69) is 10.6 Å². The lowest BCUT2D eigenvalue weighted by molar-refractivity contribution is -0.121. The number of nitrogens with one attached hydrogen (secondary N) is 2. The molecule has 0 aliphatic carbocycles. The lowest BCUT2D eigenvalue weighted by Gasteiger charge is -2.06. The van der Waals surface area contributed by atoms with Crippen LogP contribution in [0.15, 0.2) is 0 Å². The fraction of sp³-hybridized carbons (Fsp3) is 0.889. The number of ketones is 1. The zero-order valence-electron chi connectivity index (χ0n) is 8.60. The van der Waals surface area contributed by atoms with Gasteiger partial charge in [0, 0.05) is 32.1 Å². The first-order valence-corrected chi connectivity index (χ1v) is 4.82. The van der Waals surface area contributed by atoms with Gasteiger partial charge in [-0.2, -0.15) is 0 Å². The van der Waals surface area contributed by atoms with E-state index in [0.717, 1.165) is 19.6 Å². The SMILES string of the molecule is CC(C)C(=O)CNCCNCCN. The van der Waals surface area contributed by atoms with Gasteiger partial charge in [0.2, 0.25) is 0 Å². The molecule has 0 heterocycles. The summed E-state index contributed by atoms with van der Waals surface area (Å²) in [6, 6.07) is 0. The number of hydrogen-bond donors (Lipinski definition) is 3. The van der Waals surface area contributed by atoms with Crippen molar-refractivity contribution in [1.29, 1.82) is 0 Å². The van der Waals surface area contributed by atoms with Gasteiger partial charge in [-0.05, 0) is 0 Å². The minimum atomic E-state index is 0.129. The van der Waals surface area contributed by atoms with E-state index >= 15 is 0 Å². The molecule has 13 heavy (non-hydrogen) atoms. The summed E-state index contributed by atoms with van der Waals surface area (Å²) in [4.78, 5) is 11.1. The van der Waals surface area contributed by atoms with Gasteiger partial charge in [-0.3, -0.25) is 4.79 Å². The number of nitrogens with two attached hydrogens (primary N) is 1. The molecule has 4 N–H and O–H groups in total. The summed E-state index contributed by atoms with van der Waals surface area (Å²) >= 11 is 0. The van der Waals surface area contributed by atoms with Crippen molar-refractivity contribution in [3.05, 3.63) is 0 Å². The second-order valence-corrected chi connectivity index (χ2v) is 3.34. The molecular weight excluding hydrogens is 166 g/mol. The molecule has 0 spiro atoms. The number of Topliss-reactive ketones (excluding diaryl/α,β-unsaturated/α-hetero) is 1. The van der Waals surface area contributed by atoms with Crippen molar-refractivity contribution in [2.24, 2.45) is 11.7 Å². The van der Waals surface area contributed by atoms with Crippen LogP contribution in [-0.2, 0) is 4.79 Å². The second kappa shape index (κ2) is 8.16. The lowest BCUT2D eigenvalue weighted by Crippen LogP contribution is -2.34. The molecule has 0 unspecified atom stereocenters. The van der Waals surface area contributed by atoms with Crippen molar-refractivity contribution in [2.75, 3.05) is 32.7 Å². The summed E-state index contributed by atoms with van der Waals surface area (Å²) in [6.07, 6.45) is 0. The summed E-state index contributed by atoms with van der Waals surface area (Å²) in [7, 11) is 0. The van der Waals surface area contributed by atoms with Gasteiger partial charge in [0.15, 0.2) is 0 Å². The Morgan fingerprint density at radius 1 is 1.23 bits per heavy atom. The van der Waals surface area contributed by atoms with Crippen LogP contribution in [0.2, 0.25) is 0 Å². The van der Waals surface area contributed by atoms with Gasteiger partial charge < -0.3 is 16.4 Å². The smallest absolute Gasteiger partial charge is 0.149 e. The van der Waals surface area contributed by atoms with Crippen LogP contribution >= 0.6 is 0 Å². The van der Waals surface area contributed by atoms with Gasteiger partial charge in [-0.25, -0.2) is 0 Å². The summed E-state index contributed by atoms with van der Waals surface area (Å²) in [5.41, 5.74) is 5.29. The predicted octanol–water partition coefficient (Wildman–Crippen LogP) is -0.651. The Morgan fingerprint density at radius 3 is 2.38 bits per heavy atom. The predicted molar refractivity (Wildman–Crippen MR) is 54.6 cm³/mol. The monoisotopic (exact) mass is 187 g/mol. The van der Waals surface area contributed by atoms with Crippen molar-refractivity contribution in [2.45, 2.75) is 13.8 Å². The van der Waals surface area contributed by atoms with Gasteiger partial charge in [0.05, 0.1) is 6.54 Å². The third-order valence-electron chi connectivity index (χ3n) is 1.74. The normalized spacial score (nSPS) is 10.8. The highest BCUT2D eigenvalue weighted by Crippen LogP contribution is 1.91. The summed E-state index contributed by atoms with van der Waals surface area (Å²) < 4.78 is 0. The fourth-order valence-corrected chi connectivity index (χ4v) is 0.820. The van der Waals surface area contributed by atoms with Gasteiger partial charge in [-0.1, -0.05) is 13.8 Å². The Hall–Kier alpha value is -0.450. The quantitative estimate of drug-likeness (QED) is 0.442. The van der Waals surface area contributed by atoms with E-state index < -0.39 is 0 Å². The topological polar surface area (TPSA) is 67.2 Å². The minimum absolute atomic E-state index is 0.129. The fourth-order valence-electron chi connectivity index (χ4n) is 0.820. The van der Waals surface area contributed by atoms with Crippen LogP contribution in [0.3, 0.4) is 0 Å². The maximum absolute atomic E-state index is 11.1. The third-order valence-corrected chi connectivity index (χ3v) is 1.74. The largest absolute Gasteiger partial charge is 0.329 e. The average Bonchev–Trinajstić information content (AvgIpc) is 2.10. The van der Waals surface area contributed by atoms with Gasteiger partial charge >= 0.3 is 0 Å². The molecule has 0 radical (unpaired) electrons. The molecule has 78 valence electrons. The van der Waals surface area contributed by atoms with E-state index in [-0.39, 0.29) is 11.7 Å². The first-order valence-electron chi connectivity index (χ1n) is 4.82. The molecule has 0 saturated carbocycles. The maximum Gasteiger partial charge on any atom is 0.149 e. The molecule has 0 aromatic heterocycles. The van der Waals surface area contributed by atoms with Crippen LogP contribution in [0.1, 0.15) is 13.8 Å². The number of rotatable bonds is 8. The highest BCUT2D eigenvalue weighted by molar-refractivity contribution is 5.82. The molecule has 0 aromatic rings. The molecule has 0 aromatic carbocycles. The van der Waals surface area contributed by atoms with Crippen molar-refractivity contribution >= 4 is 5.78 Å². The number of carbonyl (C=O) groups excluding carboxylic acids is 1. The molecule has 0 aliphatic heterocycles. The highest BCUT2D eigenvalue weighted by Gasteiger charge is 2.04. The number of hydrogen-bond acceptors (Lipinski definition) is 4. The Kier molecular flexibility index (Phi) is 7.88. The maximum atomic E-state index is 11.1. The molecular formula is C9H21N3O. The van der Waals surface area contributed by atoms with Crippen molar-refractivity contribution in [3.63, 3.8) is 0 Å². The molecule has 0 fully saturated rings. The molecule has 0 saturated heterocycles. The van der Waals surface area contributed by atoms with Crippen LogP contribution in [0.4, 0.5) is 0 Å². The van der Waals surface area contributed by atoms with Gasteiger partial charge in [0.25, 0.3) is 0 Å². The van der Waals surface area contributed by atoms with Crippen molar-refractivity contribution < 1.29 is 4.79 Å². The first-order chi connectivity index (χ1) is 6.18. The zero-order chi connectivity index (χ0) is 10.1. The van der Waals surface area contributed by atoms with Gasteiger partial charge in [-0.15, -0.1) is 0 Å². The summed E-state index contributed by atoms with van der Waals surface area (Å²) in [5.74, 6) is 0.392. The van der Waals surface area contributed by atoms with Gasteiger partial charge in [0.1, 0.15) is 5.78 Å². The lowest BCUT2D eigenvalue weighted by atomic mass is 10.1. The second-order valence-electron chi connectivity index (χ2n) is 3.34. The van der Waals surface area contributed by atoms with Crippen LogP contribution in [-0.4, -0.2) is 38.5 Å². The van der Waals surface area contributed by atoms with E-state index in [1.165, 1.54) is 0 Å². The molecule has 0 rings (SSSR count). The Balaban J connectivity index is 3.12. The first kappa shape index (κ1) is 12.6. The van der Waals surface area contributed by atoms with E-state index in [4.69, 9.17) is 5.73 Å². The Labute approximate surface area is 80.3 Å². The Morgan fingerprint density at radius 2 is 1.85 bits per heavy atom. The zero-order valence-corrected chi connectivity index (χ0v) is 8.60. The van der Waals surface area contributed by atoms with E-state index in [1.807, 2.05) is 13.8 Å². The van der Waals surface area contributed by atoms with E-state index in [0.29, 0.717) is 13.1 Å². The molecule has 0 aliphatic rings. The summed E-state index contributed by atoms with van der Waals surface area (Å²) in [5, 5.41) is 6.21. The molecule has 4 heteroatoms. The van der Waals surface area contributed by atoms with Crippen molar-refractivity contribution in [1.82, 2.24) is 10.6 Å². The standard InChI is InChI=1S/C9H21N3O/c1-8(2)9(13)7-12-6-5-11-4-3-10/h8,11-12H,3-7,10H2,1-2H3. The molecule has 0 amide bonds. The van der Waals surface area contributed by atoms with Crippen molar-refractivity contribution in [3.8, 4) is 0 Å². The van der Waals surface area contributed by atoms with Crippen LogP contribution < -0.4 is 16.4 Å². The Bertz CT molecular complexity index is 137. The van der Waals surface area contributed by atoms with Crippen LogP contribution in [0.5, 0.6) is 0 Å². The number of carbonyl (C=O) groups is 1. The minimum Gasteiger partial charge on any atom is -0.329 e. The van der Waals surface area contributed by atoms with Crippen LogP contribution in [0, 0.1) is 5.92 Å². The average molecular weight is 187 g/mol. The summed E-state index contributed by atoms with van der Waals surface area (Å²) in [6.45, 7) is 7.47. The van der Waals surface area contributed by atoms with E-state index in [9.17, 15) is 4.79 Å².